The van der Waals surface area contributed by atoms with Gasteiger partial charge >= 0.3 is 66.2 Å². The summed E-state index contributed by atoms with van der Waals surface area (Å²) in [6, 6.07) is 29.3. The SMILES string of the molecule is COc1cccc2c1[n+](O)c1cccc(O)c1[n+]2O.COc1cccc2c1[n+](O)c1cccc(OCC(O)COCC(O)CO)c1[n+]2O.COc1cccc2c1[n+](O)c1cccc(OCC(O)COCC3COC(C)(C)O3)c1[n+]2O. The van der Waals surface area contributed by atoms with Crippen LogP contribution in [0.2, 0.25) is 0 Å². The minimum Gasteiger partial charge on any atom is -0.502 e. The molecule has 4 heterocycles. The van der Waals surface area contributed by atoms with Crippen LogP contribution in [0.15, 0.2) is 109 Å². The van der Waals surface area contributed by atoms with Crippen molar-refractivity contribution in [3.8, 4) is 34.5 Å². The normalized spacial score (nSPS) is 15.0. The molecular weight excluding hydrogens is 1050 g/mol. The number of ether oxygens (including phenoxy) is 9. The van der Waals surface area contributed by atoms with Crippen molar-refractivity contribution in [2.45, 2.75) is 44.1 Å². The lowest BCUT2D eigenvalue weighted by atomic mass is 10.2. The predicted molar refractivity (Wildman–Crippen MR) is 273 cm³/mol. The first-order chi connectivity index (χ1) is 38.4. The fraction of sp³-hybridized carbons (Fsp3) is 0.333. The summed E-state index contributed by atoms with van der Waals surface area (Å²) in [5.41, 5.74) is 3.19. The second-order valence-corrected chi connectivity index (χ2v) is 18.5. The molecule has 26 nitrogen and oxygen atoms in total. The minimum absolute atomic E-state index is 0.0459. The number of nitrogens with zero attached hydrogens (tertiary/aromatic N) is 6. The van der Waals surface area contributed by atoms with Crippen molar-refractivity contribution in [3.05, 3.63) is 109 Å². The van der Waals surface area contributed by atoms with Gasteiger partial charge in [0.2, 0.25) is 34.5 Å². The number of aromatic nitrogens is 6. The third kappa shape index (κ3) is 12.0. The van der Waals surface area contributed by atoms with Gasteiger partial charge in [-0.1, -0.05) is 36.4 Å². The van der Waals surface area contributed by atoms with E-state index in [1.54, 1.807) is 103 Å². The van der Waals surface area contributed by atoms with Crippen molar-refractivity contribution in [2.75, 3.05) is 74.2 Å². The molecule has 0 bridgehead atoms. The number of aliphatic hydroxyl groups is 4. The van der Waals surface area contributed by atoms with Gasteiger partial charge in [0, 0.05) is 64.8 Å². The Balaban J connectivity index is 0.000000163. The Morgan fingerprint density at radius 1 is 0.463 bits per heavy atom. The highest BCUT2D eigenvalue weighted by atomic mass is 16.7. The van der Waals surface area contributed by atoms with Crippen molar-refractivity contribution in [1.29, 1.82) is 0 Å². The molecule has 10 rings (SSSR count). The Hall–Kier alpha value is -8.60. The van der Waals surface area contributed by atoms with Gasteiger partial charge in [-0.15, -0.1) is 0 Å². The zero-order valence-electron chi connectivity index (χ0n) is 44.1. The van der Waals surface area contributed by atoms with E-state index in [-0.39, 0.29) is 95.0 Å². The summed E-state index contributed by atoms with van der Waals surface area (Å²) in [4.78, 5) is 0. The van der Waals surface area contributed by atoms with Crippen LogP contribution in [0.3, 0.4) is 0 Å². The zero-order valence-corrected chi connectivity index (χ0v) is 44.1. The van der Waals surface area contributed by atoms with Crippen LogP contribution in [-0.4, -0.2) is 161 Å². The molecule has 6 aromatic carbocycles. The van der Waals surface area contributed by atoms with Gasteiger partial charge < -0.3 is 68.2 Å². The maximum absolute atomic E-state index is 10.8. The summed E-state index contributed by atoms with van der Waals surface area (Å²) in [5.74, 6) is 0.937. The molecule has 3 aromatic heterocycles. The lowest BCUT2D eigenvalue weighted by molar-refractivity contribution is -0.894. The van der Waals surface area contributed by atoms with Crippen molar-refractivity contribution in [1.82, 2.24) is 0 Å². The minimum atomic E-state index is -1.01. The molecule has 0 aliphatic carbocycles. The first-order valence-electron chi connectivity index (χ1n) is 24.8. The van der Waals surface area contributed by atoms with Crippen LogP contribution in [0.5, 0.6) is 34.5 Å². The zero-order chi connectivity index (χ0) is 57.4. The lowest BCUT2D eigenvalue weighted by Crippen LogP contribution is -2.43. The summed E-state index contributed by atoms with van der Waals surface area (Å²) in [7, 11) is 4.42. The Kier molecular flexibility index (Phi) is 18.0. The molecule has 0 saturated carbocycles. The molecule has 1 saturated heterocycles. The second-order valence-electron chi connectivity index (χ2n) is 18.5. The van der Waals surface area contributed by atoms with Gasteiger partial charge in [0.15, 0.2) is 5.79 Å². The van der Waals surface area contributed by atoms with Gasteiger partial charge in [-0.3, -0.25) is 31.2 Å². The highest BCUT2D eigenvalue weighted by Gasteiger charge is 2.38. The maximum atomic E-state index is 10.8. The monoisotopic (exact) mass is 1120 g/mol. The molecule has 11 N–H and O–H groups in total. The Labute approximate surface area is 454 Å². The van der Waals surface area contributed by atoms with E-state index in [1.807, 2.05) is 13.8 Å². The average molecular weight is 1120 g/mol. The Bertz CT molecular complexity index is 3670. The van der Waals surface area contributed by atoms with E-state index in [2.05, 4.69) is 0 Å². The largest absolute Gasteiger partial charge is 0.502 e. The molecule has 0 radical (unpaired) electrons. The molecule has 26 heteroatoms. The average Bonchev–Trinajstić information content (AvgIpc) is 3.89. The molecule has 4 atom stereocenters. The molecule has 4 unspecified atom stereocenters. The van der Waals surface area contributed by atoms with Crippen LogP contribution in [-0.2, 0) is 18.9 Å². The number of methoxy groups -OCH3 is 3. The topological polar surface area (TPSA) is 329 Å². The Morgan fingerprint density at radius 3 is 1.15 bits per heavy atom. The number of fused-ring (bicyclic) bond motifs is 6. The number of rotatable bonds is 18. The molecule has 1 fully saturated rings. The van der Waals surface area contributed by atoms with Crippen LogP contribution in [0.1, 0.15) is 13.8 Å². The number of hydrogen-bond donors (Lipinski definition) is 11. The van der Waals surface area contributed by atoms with Gasteiger partial charge in [-0.2, -0.15) is 0 Å². The molecule has 0 spiro atoms. The number of para-hydroxylation sites is 6. The van der Waals surface area contributed by atoms with E-state index in [1.165, 1.54) is 27.4 Å². The van der Waals surface area contributed by atoms with Crippen LogP contribution >= 0.6 is 0 Å². The Morgan fingerprint density at radius 2 is 0.787 bits per heavy atom. The van der Waals surface area contributed by atoms with Gasteiger partial charge in [0.25, 0.3) is 0 Å². The fourth-order valence-electron chi connectivity index (χ4n) is 8.87. The van der Waals surface area contributed by atoms with E-state index in [9.17, 15) is 51.7 Å². The van der Waals surface area contributed by atoms with Gasteiger partial charge in [0.05, 0.1) is 61.0 Å². The molecule has 424 valence electrons. The van der Waals surface area contributed by atoms with E-state index in [4.69, 9.17) is 47.7 Å². The quantitative estimate of drug-likeness (QED) is 0.0323. The first-order valence-corrected chi connectivity index (χ1v) is 24.8. The number of benzene rings is 6. The summed E-state index contributed by atoms with van der Waals surface area (Å²) in [6.07, 6.45) is -3.12. The van der Waals surface area contributed by atoms with Crippen LogP contribution in [0, 0.1) is 0 Å². The van der Waals surface area contributed by atoms with Gasteiger partial charge in [0.1, 0.15) is 37.6 Å². The lowest BCUT2D eigenvalue weighted by Gasteiger charge is -2.17. The third-order valence-electron chi connectivity index (χ3n) is 12.6. The van der Waals surface area contributed by atoms with Crippen LogP contribution < -0.4 is 52.1 Å². The van der Waals surface area contributed by atoms with Crippen molar-refractivity contribution < 1.29 is 128 Å². The number of aromatic hydroxyl groups is 1. The van der Waals surface area contributed by atoms with E-state index in [0.717, 1.165) is 28.4 Å². The van der Waals surface area contributed by atoms with Crippen LogP contribution in [0.25, 0.3) is 66.2 Å². The number of aliphatic hydroxyl groups excluding tert-OH is 4. The molecule has 9 aromatic rings. The highest BCUT2D eigenvalue weighted by molar-refractivity contribution is 5.85. The number of phenolic OH excluding ortho intramolecular Hbond substituents is 1. The second kappa shape index (κ2) is 25.0. The standard InChI is InChI=1S/C22H28N2O8.C19H24N2O8.C13H11N2O4/c1-22(2)31-13-15(32-22)12-29-10-14(25)11-30-19-9-5-7-17-21(19)24(27)16-6-4-8-18(28-3)20(16)23(17)26;1-27-16-6-2-4-14-18(16)20(25)15-5-3-7-17(19(15)21(14)26)29-11-13(24)10-28-9-12(23)8-22;1-19-11-7-3-5-9-13(11)15(18)8-4-2-6-10(16)12(8)14(9)17/h4-9,14-15,25-27H,10-13H2,1-3H3;2-7,12-13,22-26H,8-11H2,1H3;2-7,18H,1H3,(H,16,17)/q2*+2;+1/p+1. The van der Waals surface area contributed by atoms with E-state index in [0.29, 0.717) is 58.0 Å². The van der Waals surface area contributed by atoms with E-state index < -0.39 is 30.7 Å². The summed E-state index contributed by atoms with van der Waals surface area (Å²) >= 11 is 0. The maximum Gasteiger partial charge on any atom is 0.375 e. The van der Waals surface area contributed by atoms with Crippen molar-refractivity contribution in [3.63, 3.8) is 0 Å². The van der Waals surface area contributed by atoms with Crippen molar-refractivity contribution in [2.24, 2.45) is 0 Å². The summed E-state index contributed by atoms with van der Waals surface area (Å²) < 4.78 is 54.3. The molecule has 1 aliphatic rings. The number of phenols is 1. The summed E-state index contributed by atoms with van der Waals surface area (Å²) in [5, 5.41) is 112. The molecule has 80 heavy (non-hydrogen) atoms. The van der Waals surface area contributed by atoms with Crippen molar-refractivity contribution >= 4 is 66.2 Å². The number of hydrogen-bond acceptors (Lipinski definition) is 20. The first kappa shape index (κ1) is 57.6. The molecule has 1 aliphatic heterocycles. The van der Waals surface area contributed by atoms with Gasteiger partial charge in [-0.05, 0) is 50.2 Å². The highest BCUT2D eigenvalue weighted by Crippen LogP contribution is 2.29. The van der Waals surface area contributed by atoms with Crippen LogP contribution in [0.4, 0.5) is 0 Å². The molecule has 0 amide bonds. The fourth-order valence-corrected chi connectivity index (χ4v) is 8.87. The third-order valence-corrected chi connectivity index (χ3v) is 12.6. The van der Waals surface area contributed by atoms with E-state index >= 15 is 0 Å². The van der Waals surface area contributed by atoms with Gasteiger partial charge in [-0.25, -0.2) is 0 Å². The predicted octanol–water partition coefficient (Wildman–Crippen LogP) is 0.877. The summed E-state index contributed by atoms with van der Waals surface area (Å²) in [6.45, 7) is 3.56. The molecular formula is C54H64N6O20+6. The smallest absolute Gasteiger partial charge is 0.375 e.